The second-order valence-corrected chi connectivity index (χ2v) is 10.6. The average Bonchev–Trinajstić information content (AvgIpc) is 3.51. The molecule has 3 amide bonds. The number of aromatic amines is 1. The normalized spacial score (nSPS) is 23.4. The zero-order chi connectivity index (χ0) is 26.2. The number of hydrogen-bond donors (Lipinski definition) is 4. The number of aliphatic hydroxyl groups excluding tert-OH is 1. The van der Waals surface area contributed by atoms with E-state index in [1.165, 1.54) is 0 Å². The van der Waals surface area contributed by atoms with Crippen molar-refractivity contribution in [1.29, 1.82) is 0 Å². The highest BCUT2D eigenvalue weighted by Crippen LogP contribution is 2.55. The summed E-state index contributed by atoms with van der Waals surface area (Å²) in [6, 6.07) is 5.53. The summed E-state index contributed by atoms with van der Waals surface area (Å²) in [5.74, 6) is -1.15. The Kier molecular flexibility index (Phi) is 6.94. The number of methoxy groups -OCH3 is 1. The van der Waals surface area contributed by atoms with Crippen molar-refractivity contribution in [3.63, 3.8) is 0 Å². The quantitative estimate of drug-likeness (QED) is 0.425. The molecule has 3 heterocycles. The third-order valence-electron chi connectivity index (χ3n) is 8.26. The van der Waals surface area contributed by atoms with Crippen LogP contribution in [0.5, 0.6) is 5.75 Å². The Labute approximate surface area is 215 Å². The molecule has 198 valence electrons. The van der Waals surface area contributed by atoms with E-state index in [4.69, 9.17) is 4.74 Å². The molecule has 1 spiro atoms. The van der Waals surface area contributed by atoms with Crippen LogP contribution in [-0.2, 0) is 14.4 Å². The smallest absolute Gasteiger partial charge is 0.270 e. The van der Waals surface area contributed by atoms with Gasteiger partial charge in [-0.25, -0.2) is 0 Å². The fourth-order valence-corrected chi connectivity index (χ4v) is 5.81. The predicted octanol–water partition coefficient (Wildman–Crippen LogP) is 1.52. The molecule has 10 heteroatoms. The standard InChI is InChI=1S/C27H34N4O6/c1-37-23-6-2-5-18-17(23)13-20(29-18)26(36)31-11-9-27(7-8-27)14-21(31)25(35)30-19(22(33)15-32)12-16-4-3-10-28-24(16)34/h2,5-6,13,16,19,21,29,32H,3-4,7-12,14-15H2,1H3,(H,28,34)(H,30,35)/t16-,19-,21-/m0/s1. The van der Waals surface area contributed by atoms with Gasteiger partial charge in [0.05, 0.1) is 13.2 Å². The van der Waals surface area contributed by atoms with Crippen molar-refractivity contribution in [2.45, 2.75) is 57.0 Å². The number of ether oxygens (including phenoxy) is 1. The first kappa shape index (κ1) is 25.3. The summed E-state index contributed by atoms with van der Waals surface area (Å²) in [5, 5.41) is 15.9. The van der Waals surface area contributed by atoms with Crippen LogP contribution < -0.4 is 15.4 Å². The monoisotopic (exact) mass is 510 g/mol. The molecule has 2 aromatic rings. The minimum Gasteiger partial charge on any atom is -0.496 e. The lowest BCUT2D eigenvalue weighted by Gasteiger charge is -2.39. The number of aromatic nitrogens is 1. The number of carbonyl (C=O) groups is 4. The van der Waals surface area contributed by atoms with Gasteiger partial charge in [0, 0.05) is 29.9 Å². The highest BCUT2D eigenvalue weighted by Gasteiger charge is 2.51. The fourth-order valence-electron chi connectivity index (χ4n) is 5.81. The Morgan fingerprint density at radius 3 is 2.78 bits per heavy atom. The van der Waals surface area contributed by atoms with Crippen molar-refractivity contribution in [3.8, 4) is 5.75 Å². The molecule has 5 rings (SSSR count). The molecule has 0 bridgehead atoms. The number of amides is 3. The number of hydrogen-bond acceptors (Lipinski definition) is 6. The van der Waals surface area contributed by atoms with E-state index in [0.29, 0.717) is 37.4 Å². The van der Waals surface area contributed by atoms with E-state index in [2.05, 4.69) is 15.6 Å². The van der Waals surface area contributed by atoms with E-state index in [0.717, 1.165) is 36.6 Å². The zero-order valence-corrected chi connectivity index (χ0v) is 21.0. The molecule has 1 aromatic carbocycles. The highest BCUT2D eigenvalue weighted by molar-refractivity contribution is 6.02. The summed E-state index contributed by atoms with van der Waals surface area (Å²) < 4.78 is 5.42. The number of nitrogens with zero attached hydrogens (tertiary/aromatic N) is 1. The Morgan fingerprint density at radius 1 is 1.27 bits per heavy atom. The fraction of sp³-hybridized carbons (Fsp3) is 0.556. The molecule has 0 unspecified atom stereocenters. The van der Waals surface area contributed by atoms with Crippen molar-refractivity contribution >= 4 is 34.4 Å². The van der Waals surface area contributed by atoms with Gasteiger partial charge in [-0.15, -0.1) is 0 Å². The van der Waals surface area contributed by atoms with Gasteiger partial charge < -0.3 is 30.4 Å². The van der Waals surface area contributed by atoms with E-state index in [1.54, 1.807) is 18.1 Å². The molecular formula is C27H34N4O6. The van der Waals surface area contributed by atoms with Crippen LogP contribution in [0.2, 0.25) is 0 Å². The topological polar surface area (TPSA) is 141 Å². The van der Waals surface area contributed by atoms with Crippen molar-refractivity contribution in [2.75, 3.05) is 26.8 Å². The van der Waals surface area contributed by atoms with E-state index in [-0.39, 0.29) is 23.7 Å². The number of likely N-dealkylation sites (tertiary alicyclic amines) is 1. The third-order valence-corrected chi connectivity index (χ3v) is 8.26. The Bertz CT molecular complexity index is 1220. The van der Waals surface area contributed by atoms with Crippen molar-refractivity contribution in [1.82, 2.24) is 20.5 Å². The number of Topliss-reactive ketones (excluding diaryl/α,β-unsaturated/α-hetero) is 1. The second-order valence-electron chi connectivity index (χ2n) is 10.6. The van der Waals surface area contributed by atoms with Crippen LogP contribution >= 0.6 is 0 Å². The van der Waals surface area contributed by atoms with Crippen LogP contribution in [0.3, 0.4) is 0 Å². The molecule has 2 aliphatic heterocycles. The van der Waals surface area contributed by atoms with Gasteiger partial charge in [0.15, 0.2) is 5.78 Å². The number of rotatable bonds is 8. The van der Waals surface area contributed by atoms with Gasteiger partial charge in [-0.05, 0) is 68.6 Å². The first-order valence-electron chi connectivity index (χ1n) is 13.0. The minimum absolute atomic E-state index is 0.0577. The molecular weight excluding hydrogens is 476 g/mol. The summed E-state index contributed by atoms with van der Waals surface area (Å²) in [7, 11) is 1.57. The third kappa shape index (κ3) is 5.07. The molecule has 4 N–H and O–H groups in total. The van der Waals surface area contributed by atoms with Crippen LogP contribution in [0.4, 0.5) is 0 Å². The van der Waals surface area contributed by atoms with Gasteiger partial charge in [-0.2, -0.15) is 0 Å². The summed E-state index contributed by atoms with van der Waals surface area (Å²) in [6.07, 6.45) is 4.94. The molecule has 1 saturated carbocycles. The molecule has 10 nitrogen and oxygen atoms in total. The zero-order valence-electron chi connectivity index (χ0n) is 21.0. The summed E-state index contributed by atoms with van der Waals surface area (Å²) in [5.41, 5.74) is 1.19. The Morgan fingerprint density at radius 2 is 2.08 bits per heavy atom. The minimum atomic E-state index is -0.988. The van der Waals surface area contributed by atoms with Crippen molar-refractivity contribution in [3.05, 3.63) is 30.0 Å². The SMILES string of the molecule is COc1cccc2[nH]c(C(=O)N3CCC4(CC4)C[C@H]3C(=O)N[C@@H](C[C@@H]3CCCNC3=O)C(=O)CO)cc12. The number of nitrogens with one attached hydrogen (secondary N) is 3. The molecule has 3 atom stereocenters. The Balaban J connectivity index is 1.37. The summed E-state index contributed by atoms with van der Waals surface area (Å²) in [6.45, 7) is 0.307. The molecule has 3 aliphatic rings. The van der Waals surface area contributed by atoms with Crippen LogP contribution in [0.1, 0.15) is 55.4 Å². The van der Waals surface area contributed by atoms with Gasteiger partial charge in [-0.3, -0.25) is 19.2 Å². The lowest BCUT2D eigenvalue weighted by atomic mass is 9.86. The van der Waals surface area contributed by atoms with Gasteiger partial charge in [-0.1, -0.05) is 6.07 Å². The van der Waals surface area contributed by atoms with Crippen LogP contribution in [0, 0.1) is 11.3 Å². The lowest BCUT2D eigenvalue weighted by molar-refractivity contribution is -0.134. The molecule has 1 aromatic heterocycles. The molecule has 37 heavy (non-hydrogen) atoms. The number of ketones is 1. The largest absolute Gasteiger partial charge is 0.496 e. The van der Waals surface area contributed by atoms with E-state index >= 15 is 0 Å². The second kappa shape index (κ2) is 10.2. The molecule has 1 aliphatic carbocycles. The highest BCUT2D eigenvalue weighted by atomic mass is 16.5. The van der Waals surface area contributed by atoms with Gasteiger partial charge in [0.1, 0.15) is 24.1 Å². The van der Waals surface area contributed by atoms with Crippen molar-refractivity contribution in [2.24, 2.45) is 11.3 Å². The molecule has 3 fully saturated rings. The summed E-state index contributed by atoms with van der Waals surface area (Å²) in [4.78, 5) is 56.9. The maximum absolute atomic E-state index is 13.7. The number of H-pyrrole nitrogens is 1. The number of piperidine rings is 2. The van der Waals surface area contributed by atoms with Crippen LogP contribution in [0.15, 0.2) is 24.3 Å². The van der Waals surface area contributed by atoms with Crippen molar-refractivity contribution < 1.29 is 29.0 Å². The Hall–Kier alpha value is -3.40. The maximum Gasteiger partial charge on any atom is 0.270 e. The first-order chi connectivity index (χ1) is 17.8. The molecule has 2 saturated heterocycles. The van der Waals surface area contributed by atoms with Gasteiger partial charge in [0.25, 0.3) is 5.91 Å². The maximum atomic E-state index is 13.7. The van der Waals surface area contributed by atoms with E-state index in [1.807, 2.05) is 18.2 Å². The summed E-state index contributed by atoms with van der Waals surface area (Å²) >= 11 is 0. The number of benzene rings is 1. The number of fused-ring (bicyclic) bond motifs is 1. The van der Waals surface area contributed by atoms with Crippen LogP contribution in [-0.4, -0.2) is 77.4 Å². The van der Waals surface area contributed by atoms with Gasteiger partial charge >= 0.3 is 0 Å². The predicted molar refractivity (Wildman–Crippen MR) is 135 cm³/mol. The lowest BCUT2D eigenvalue weighted by Crippen LogP contribution is -2.57. The number of aliphatic hydroxyl groups is 1. The average molecular weight is 511 g/mol. The van der Waals surface area contributed by atoms with E-state index in [9.17, 15) is 24.3 Å². The van der Waals surface area contributed by atoms with Crippen LogP contribution in [0.25, 0.3) is 10.9 Å². The van der Waals surface area contributed by atoms with Gasteiger partial charge in [0.2, 0.25) is 11.8 Å². The number of carbonyl (C=O) groups excluding carboxylic acids is 4. The van der Waals surface area contributed by atoms with E-state index < -0.39 is 36.3 Å². The first-order valence-corrected chi connectivity index (χ1v) is 13.0. The molecule has 0 radical (unpaired) electrons.